The Morgan fingerprint density at radius 2 is 1.86 bits per heavy atom. The summed E-state index contributed by atoms with van der Waals surface area (Å²) in [6, 6.07) is 12.9. The number of aryl methyl sites for hydroxylation is 1. The molecule has 3 aromatic rings. The average molecular weight is 296 g/mol. The number of nitrogens with one attached hydrogen (secondary N) is 1. The van der Waals surface area contributed by atoms with Crippen LogP contribution in [0.4, 0.5) is 15.8 Å². The zero-order chi connectivity index (χ0) is 15.7. The lowest BCUT2D eigenvalue weighted by molar-refractivity contribution is 0.0691. The fourth-order valence-electron chi connectivity index (χ4n) is 2.24. The van der Waals surface area contributed by atoms with Gasteiger partial charge in [0.05, 0.1) is 11.2 Å². The molecule has 0 amide bonds. The number of aromatic nitrogens is 1. The Labute approximate surface area is 126 Å². The molecule has 3 rings (SSSR count). The van der Waals surface area contributed by atoms with Gasteiger partial charge in [0.15, 0.2) is 5.69 Å². The van der Waals surface area contributed by atoms with Gasteiger partial charge in [-0.15, -0.1) is 0 Å². The van der Waals surface area contributed by atoms with Crippen LogP contribution in [-0.4, -0.2) is 16.1 Å². The minimum Gasteiger partial charge on any atom is -0.477 e. The van der Waals surface area contributed by atoms with E-state index in [9.17, 15) is 14.3 Å². The van der Waals surface area contributed by atoms with Crippen LogP contribution >= 0.6 is 0 Å². The number of benzene rings is 2. The second-order valence-electron chi connectivity index (χ2n) is 5.01. The van der Waals surface area contributed by atoms with Gasteiger partial charge in [0, 0.05) is 11.1 Å². The molecule has 110 valence electrons. The molecule has 2 aromatic carbocycles. The molecular formula is C17H13FN2O2. The van der Waals surface area contributed by atoms with Gasteiger partial charge in [0.25, 0.3) is 0 Å². The maximum Gasteiger partial charge on any atom is 0.354 e. The van der Waals surface area contributed by atoms with Gasteiger partial charge in [-0.25, -0.2) is 14.2 Å². The first kappa shape index (κ1) is 14.0. The van der Waals surface area contributed by atoms with Crippen LogP contribution in [0.5, 0.6) is 0 Å². The van der Waals surface area contributed by atoms with Gasteiger partial charge >= 0.3 is 5.97 Å². The lowest BCUT2D eigenvalue weighted by Gasteiger charge is -2.11. The van der Waals surface area contributed by atoms with Gasteiger partial charge in [-0.05, 0) is 49.4 Å². The quantitative estimate of drug-likeness (QED) is 0.763. The first-order valence-electron chi connectivity index (χ1n) is 6.70. The van der Waals surface area contributed by atoms with Crippen LogP contribution in [0.2, 0.25) is 0 Å². The highest BCUT2D eigenvalue weighted by atomic mass is 19.1. The van der Waals surface area contributed by atoms with Crippen molar-refractivity contribution in [1.29, 1.82) is 0 Å². The molecule has 0 fully saturated rings. The summed E-state index contributed by atoms with van der Waals surface area (Å²) in [6.45, 7) is 1.95. The SMILES string of the molecule is Cc1ccc2nc(C(=O)O)cc(Nc3ccc(F)cc3)c2c1. The van der Waals surface area contributed by atoms with Crippen molar-refractivity contribution in [2.75, 3.05) is 5.32 Å². The van der Waals surface area contributed by atoms with Crippen molar-refractivity contribution >= 4 is 28.2 Å². The van der Waals surface area contributed by atoms with Crippen LogP contribution in [0.25, 0.3) is 10.9 Å². The number of hydrogen-bond acceptors (Lipinski definition) is 3. The molecule has 2 N–H and O–H groups in total. The zero-order valence-electron chi connectivity index (χ0n) is 11.8. The number of carbonyl (C=O) groups is 1. The van der Waals surface area contributed by atoms with E-state index in [1.807, 2.05) is 19.1 Å². The molecule has 1 aromatic heterocycles. The van der Waals surface area contributed by atoms with Crippen molar-refractivity contribution in [3.8, 4) is 0 Å². The lowest BCUT2D eigenvalue weighted by atomic mass is 10.1. The Bertz CT molecular complexity index is 860. The van der Waals surface area contributed by atoms with E-state index in [0.717, 1.165) is 10.9 Å². The van der Waals surface area contributed by atoms with E-state index < -0.39 is 5.97 Å². The number of carboxylic acids is 1. The van der Waals surface area contributed by atoms with E-state index in [2.05, 4.69) is 10.3 Å². The summed E-state index contributed by atoms with van der Waals surface area (Å²) >= 11 is 0. The number of halogens is 1. The summed E-state index contributed by atoms with van der Waals surface area (Å²) in [5.74, 6) is -1.42. The fraction of sp³-hybridized carbons (Fsp3) is 0.0588. The number of aromatic carboxylic acids is 1. The molecule has 0 aliphatic heterocycles. The predicted molar refractivity (Wildman–Crippen MR) is 83.1 cm³/mol. The third-order valence-electron chi connectivity index (χ3n) is 3.31. The topological polar surface area (TPSA) is 62.2 Å². The molecule has 22 heavy (non-hydrogen) atoms. The Morgan fingerprint density at radius 3 is 2.55 bits per heavy atom. The monoisotopic (exact) mass is 296 g/mol. The van der Waals surface area contributed by atoms with Gasteiger partial charge in [-0.1, -0.05) is 11.6 Å². The Balaban J connectivity index is 2.14. The van der Waals surface area contributed by atoms with Crippen molar-refractivity contribution in [3.05, 3.63) is 65.6 Å². The first-order valence-corrected chi connectivity index (χ1v) is 6.70. The highest BCUT2D eigenvalue weighted by molar-refractivity contribution is 5.98. The van der Waals surface area contributed by atoms with Crippen molar-refractivity contribution < 1.29 is 14.3 Å². The van der Waals surface area contributed by atoms with E-state index in [0.29, 0.717) is 16.9 Å². The van der Waals surface area contributed by atoms with E-state index in [4.69, 9.17) is 0 Å². The molecule has 5 heteroatoms. The summed E-state index contributed by atoms with van der Waals surface area (Å²) in [5.41, 5.74) is 2.89. The minimum atomic E-state index is -1.09. The van der Waals surface area contributed by atoms with Crippen molar-refractivity contribution in [3.63, 3.8) is 0 Å². The molecule has 4 nitrogen and oxygen atoms in total. The highest BCUT2D eigenvalue weighted by Gasteiger charge is 2.11. The van der Waals surface area contributed by atoms with Gasteiger partial charge < -0.3 is 10.4 Å². The maximum absolute atomic E-state index is 13.0. The first-order chi connectivity index (χ1) is 10.5. The van der Waals surface area contributed by atoms with Gasteiger partial charge in [0.2, 0.25) is 0 Å². The van der Waals surface area contributed by atoms with Crippen LogP contribution in [0, 0.1) is 12.7 Å². The lowest BCUT2D eigenvalue weighted by Crippen LogP contribution is -2.03. The second kappa shape index (κ2) is 5.44. The molecule has 0 saturated carbocycles. The average Bonchev–Trinajstić information content (AvgIpc) is 2.49. The van der Waals surface area contributed by atoms with Crippen LogP contribution < -0.4 is 5.32 Å². The smallest absolute Gasteiger partial charge is 0.354 e. The normalized spacial score (nSPS) is 10.6. The predicted octanol–water partition coefficient (Wildman–Crippen LogP) is 4.12. The number of pyridine rings is 1. The molecule has 0 aliphatic rings. The Hall–Kier alpha value is -2.95. The summed E-state index contributed by atoms with van der Waals surface area (Å²) in [6.07, 6.45) is 0. The molecule has 0 saturated heterocycles. The highest BCUT2D eigenvalue weighted by Crippen LogP contribution is 2.27. The van der Waals surface area contributed by atoms with Crippen molar-refractivity contribution in [1.82, 2.24) is 4.98 Å². The standard InChI is InChI=1S/C17H13FN2O2/c1-10-2-7-14-13(8-10)15(9-16(20-14)17(21)22)19-12-5-3-11(18)4-6-12/h2-9H,1H3,(H,19,20)(H,21,22). The van der Waals surface area contributed by atoms with Gasteiger partial charge in [-0.2, -0.15) is 0 Å². The third kappa shape index (κ3) is 2.74. The number of anilines is 2. The fourth-order valence-corrected chi connectivity index (χ4v) is 2.24. The maximum atomic E-state index is 13.0. The summed E-state index contributed by atoms with van der Waals surface area (Å²) < 4.78 is 13.0. The molecule has 0 spiro atoms. The number of carboxylic acid groups (broad SMARTS) is 1. The number of nitrogens with zero attached hydrogens (tertiary/aromatic N) is 1. The van der Waals surface area contributed by atoms with Gasteiger partial charge in [-0.3, -0.25) is 0 Å². The van der Waals surface area contributed by atoms with Crippen LogP contribution in [0.3, 0.4) is 0 Å². The third-order valence-corrected chi connectivity index (χ3v) is 3.31. The van der Waals surface area contributed by atoms with Crippen molar-refractivity contribution in [2.45, 2.75) is 6.92 Å². The summed E-state index contributed by atoms with van der Waals surface area (Å²) in [5, 5.41) is 13.1. The second-order valence-corrected chi connectivity index (χ2v) is 5.01. The molecular weight excluding hydrogens is 283 g/mol. The summed E-state index contributed by atoms with van der Waals surface area (Å²) in [4.78, 5) is 15.4. The van der Waals surface area contributed by atoms with E-state index in [1.165, 1.54) is 18.2 Å². The van der Waals surface area contributed by atoms with E-state index in [1.54, 1.807) is 18.2 Å². The Morgan fingerprint density at radius 1 is 1.14 bits per heavy atom. The number of rotatable bonds is 3. The zero-order valence-corrected chi connectivity index (χ0v) is 11.8. The largest absolute Gasteiger partial charge is 0.477 e. The van der Waals surface area contributed by atoms with E-state index in [-0.39, 0.29) is 11.5 Å². The van der Waals surface area contributed by atoms with E-state index >= 15 is 0 Å². The van der Waals surface area contributed by atoms with Crippen LogP contribution in [-0.2, 0) is 0 Å². The molecule has 0 radical (unpaired) electrons. The number of fused-ring (bicyclic) bond motifs is 1. The van der Waals surface area contributed by atoms with Gasteiger partial charge in [0.1, 0.15) is 5.82 Å². The van der Waals surface area contributed by atoms with Crippen molar-refractivity contribution in [2.24, 2.45) is 0 Å². The Kier molecular flexibility index (Phi) is 3.47. The minimum absolute atomic E-state index is 0.0408. The number of hydrogen-bond donors (Lipinski definition) is 2. The summed E-state index contributed by atoms with van der Waals surface area (Å²) in [7, 11) is 0. The van der Waals surface area contributed by atoms with Crippen LogP contribution in [0.15, 0.2) is 48.5 Å². The molecule has 0 unspecified atom stereocenters. The molecule has 1 heterocycles. The molecule has 0 aliphatic carbocycles. The molecule has 0 atom stereocenters. The van der Waals surface area contributed by atoms with Crippen LogP contribution in [0.1, 0.15) is 16.1 Å². The molecule has 0 bridgehead atoms.